The molecule has 0 bridgehead atoms. The average Bonchev–Trinajstić information content (AvgIpc) is 2.45. The lowest BCUT2D eigenvalue weighted by atomic mass is 10.3. The predicted octanol–water partition coefficient (Wildman–Crippen LogP) is 1.01. The summed E-state index contributed by atoms with van der Waals surface area (Å²) in [6.45, 7) is 4.08. The van der Waals surface area contributed by atoms with Crippen molar-refractivity contribution in [2.24, 2.45) is 7.05 Å². The number of hydrogen-bond acceptors (Lipinski definition) is 3. The van der Waals surface area contributed by atoms with Crippen LogP contribution in [0.3, 0.4) is 0 Å². The van der Waals surface area contributed by atoms with Crippen molar-refractivity contribution < 1.29 is 5.11 Å². The first-order chi connectivity index (χ1) is 6.74. The van der Waals surface area contributed by atoms with Gasteiger partial charge in [-0.2, -0.15) is 5.10 Å². The van der Waals surface area contributed by atoms with Gasteiger partial charge in [-0.25, -0.2) is 0 Å². The minimum Gasteiger partial charge on any atom is -0.396 e. The molecular formula is C10H20ClN3O. The molecule has 0 saturated carbocycles. The summed E-state index contributed by atoms with van der Waals surface area (Å²) < 4.78 is 1.90. The number of halogens is 1. The standard InChI is InChI=1S/C10H19N3O.ClH/c1-9-7-10(13(2)12-9)8-11-5-3-4-6-14;/h7,11,14H,3-6,8H2,1-2H3;1H. The Morgan fingerprint density at radius 3 is 2.73 bits per heavy atom. The summed E-state index contributed by atoms with van der Waals surface area (Å²) in [7, 11) is 1.96. The molecule has 0 aliphatic heterocycles. The maximum absolute atomic E-state index is 8.59. The number of nitrogens with one attached hydrogen (secondary N) is 1. The van der Waals surface area contributed by atoms with Crippen molar-refractivity contribution in [3.8, 4) is 0 Å². The largest absolute Gasteiger partial charge is 0.396 e. The van der Waals surface area contributed by atoms with Crippen molar-refractivity contribution in [3.63, 3.8) is 0 Å². The molecular weight excluding hydrogens is 214 g/mol. The lowest BCUT2D eigenvalue weighted by Crippen LogP contribution is -2.17. The van der Waals surface area contributed by atoms with E-state index in [0.29, 0.717) is 0 Å². The van der Waals surface area contributed by atoms with Gasteiger partial charge in [-0.05, 0) is 32.4 Å². The number of aryl methyl sites for hydroxylation is 2. The molecule has 1 aromatic rings. The highest BCUT2D eigenvalue weighted by Crippen LogP contribution is 2.00. The predicted molar refractivity (Wildman–Crippen MR) is 63.2 cm³/mol. The molecule has 0 aliphatic rings. The van der Waals surface area contributed by atoms with E-state index < -0.39 is 0 Å². The van der Waals surface area contributed by atoms with Crippen LogP contribution in [0.4, 0.5) is 0 Å². The van der Waals surface area contributed by atoms with Crippen LogP contribution in [0.15, 0.2) is 6.07 Å². The molecule has 0 aromatic carbocycles. The molecule has 1 aromatic heterocycles. The molecule has 0 spiro atoms. The highest BCUT2D eigenvalue weighted by Gasteiger charge is 2.00. The van der Waals surface area contributed by atoms with Gasteiger partial charge in [0, 0.05) is 20.2 Å². The highest BCUT2D eigenvalue weighted by molar-refractivity contribution is 5.85. The summed E-state index contributed by atoms with van der Waals surface area (Å²) in [6, 6.07) is 2.08. The van der Waals surface area contributed by atoms with Crippen molar-refractivity contribution >= 4 is 12.4 Å². The molecule has 2 N–H and O–H groups in total. The molecule has 0 saturated heterocycles. The van der Waals surface area contributed by atoms with Crippen LogP contribution >= 0.6 is 12.4 Å². The maximum atomic E-state index is 8.59. The summed E-state index contributed by atoms with van der Waals surface area (Å²) in [5, 5.41) is 16.2. The van der Waals surface area contributed by atoms with Crippen LogP contribution < -0.4 is 5.32 Å². The van der Waals surface area contributed by atoms with Crippen molar-refractivity contribution in [2.45, 2.75) is 26.3 Å². The van der Waals surface area contributed by atoms with Gasteiger partial charge in [-0.15, -0.1) is 12.4 Å². The number of aliphatic hydroxyl groups is 1. The highest BCUT2D eigenvalue weighted by atomic mass is 35.5. The second-order valence-corrected chi connectivity index (χ2v) is 3.51. The number of aliphatic hydroxyl groups excluding tert-OH is 1. The average molecular weight is 234 g/mol. The summed E-state index contributed by atoms with van der Waals surface area (Å²) in [5.41, 5.74) is 2.26. The fraction of sp³-hybridized carbons (Fsp3) is 0.700. The van der Waals surface area contributed by atoms with E-state index in [2.05, 4.69) is 16.5 Å². The van der Waals surface area contributed by atoms with Crippen LogP contribution in [0.1, 0.15) is 24.2 Å². The van der Waals surface area contributed by atoms with Gasteiger partial charge in [-0.3, -0.25) is 4.68 Å². The first kappa shape index (κ1) is 14.4. The fourth-order valence-electron chi connectivity index (χ4n) is 1.41. The van der Waals surface area contributed by atoms with Gasteiger partial charge in [0.25, 0.3) is 0 Å². The minimum atomic E-state index is 0. The molecule has 0 aliphatic carbocycles. The Balaban J connectivity index is 0.00000196. The van der Waals surface area contributed by atoms with Crippen molar-refractivity contribution in [1.29, 1.82) is 0 Å². The molecule has 5 heteroatoms. The molecule has 15 heavy (non-hydrogen) atoms. The van der Waals surface area contributed by atoms with Crippen LogP contribution in [-0.2, 0) is 13.6 Å². The van der Waals surface area contributed by atoms with Gasteiger partial charge >= 0.3 is 0 Å². The Morgan fingerprint density at radius 1 is 1.47 bits per heavy atom. The Labute approximate surface area is 97.1 Å². The molecule has 0 fully saturated rings. The Morgan fingerprint density at radius 2 is 2.20 bits per heavy atom. The van der Waals surface area contributed by atoms with Crippen molar-refractivity contribution in [3.05, 3.63) is 17.5 Å². The van der Waals surface area contributed by atoms with E-state index in [0.717, 1.165) is 31.6 Å². The van der Waals surface area contributed by atoms with Gasteiger partial charge in [0.1, 0.15) is 0 Å². The smallest absolute Gasteiger partial charge is 0.0597 e. The van der Waals surface area contributed by atoms with Crippen LogP contribution in [0.2, 0.25) is 0 Å². The fourth-order valence-corrected chi connectivity index (χ4v) is 1.41. The SMILES string of the molecule is Cc1cc(CNCCCCO)n(C)n1.Cl. The lowest BCUT2D eigenvalue weighted by Gasteiger charge is -2.03. The third-order valence-electron chi connectivity index (χ3n) is 2.17. The molecule has 1 rings (SSSR count). The van der Waals surface area contributed by atoms with Crippen LogP contribution in [0.25, 0.3) is 0 Å². The zero-order valence-electron chi connectivity index (χ0n) is 9.36. The van der Waals surface area contributed by atoms with Crippen LogP contribution in [0, 0.1) is 6.92 Å². The van der Waals surface area contributed by atoms with Gasteiger partial charge in [0.2, 0.25) is 0 Å². The molecule has 0 unspecified atom stereocenters. The van der Waals surface area contributed by atoms with Gasteiger partial charge in [0.05, 0.1) is 11.4 Å². The zero-order valence-corrected chi connectivity index (χ0v) is 10.2. The number of unbranched alkanes of at least 4 members (excludes halogenated alkanes) is 1. The van der Waals surface area contributed by atoms with Gasteiger partial charge in [0.15, 0.2) is 0 Å². The van der Waals surface area contributed by atoms with Crippen LogP contribution in [0.5, 0.6) is 0 Å². The molecule has 0 amide bonds. The van der Waals surface area contributed by atoms with Gasteiger partial charge in [-0.1, -0.05) is 0 Å². The van der Waals surface area contributed by atoms with E-state index >= 15 is 0 Å². The molecule has 88 valence electrons. The van der Waals surface area contributed by atoms with E-state index in [9.17, 15) is 0 Å². The van der Waals surface area contributed by atoms with Crippen molar-refractivity contribution in [1.82, 2.24) is 15.1 Å². The van der Waals surface area contributed by atoms with E-state index in [4.69, 9.17) is 5.11 Å². The third-order valence-corrected chi connectivity index (χ3v) is 2.17. The monoisotopic (exact) mass is 233 g/mol. The van der Waals surface area contributed by atoms with E-state index in [-0.39, 0.29) is 19.0 Å². The molecule has 0 radical (unpaired) electrons. The van der Waals surface area contributed by atoms with Gasteiger partial charge < -0.3 is 10.4 Å². The number of rotatable bonds is 6. The van der Waals surface area contributed by atoms with E-state index in [1.807, 2.05) is 18.7 Å². The van der Waals surface area contributed by atoms with E-state index in [1.165, 1.54) is 5.69 Å². The molecule has 1 heterocycles. The maximum Gasteiger partial charge on any atom is 0.0597 e. The lowest BCUT2D eigenvalue weighted by molar-refractivity contribution is 0.283. The van der Waals surface area contributed by atoms with Crippen LogP contribution in [-0.4, -0.2) is 28.0 Å². The summed E-state index contributed by atoms with van der Waals surface area (Å²) >= 11 is 0. The third kappa shape index (κ3) is 5.16. The summed E-state index contributed by atoms with van der Waals surface area (Å²) in [4.78, 5) is 0. The first-order valence-corrected chi connectivity index (χ1v) is 5.05. The Kier molecular flexibility index (Phi) is 7.38. The zero-order chi connectivity index (χ0) is 10.4. The summed E-state index contributed by atoms with van der Waals surface area (Å²) in [6.07, 6.45) is 1.89. The number of nitrogens with zero attached hydrogens (tertiary/aromatic N) is 2. The first-order valence-electron chi connectivity index (χ1n) is 5.05. The van der Waals surface area contributed by atoms with Crippen molar-refractivity contribution in [2.75, 3.05) is 13.2 Å². The van der Waals surface area contributed by atoms with E-state index in [1.54, 1.807) is 0 Å². The minimum absolute atomic E-state index is 0. The second kappa shape index (κ2) is 7.68. The molecule has 4 nitrogen and oxygen atoms in total. The Bertz CT molecular complexity index is 276. The topological polar surface area (TPSA) is 50.1 Å². The summed E-state index contributed by atoms with van der Waals surface area (Å²) in [5.74, 6) is 0. The normalized spacial score (nSPS) is 10.1. The number of aromatic nitrogens is 2. The molecule has 0 atom stereocenters. The Hall–Kier alpha value is -0.580. The quantitative estimate of drug-likeness (QED) is 0.722. The second-order valence-electron chi connectivity index (χ2n) is 3.51. The number of hydrogen-bond donors (Lipinski definition) is 2.